The Balaban J connectivity index is 1.50. The fourth-order valence-corrected chi connectivity index (χ4v) is 4.32. The Morgan fingerprint density at radius 1 is 1.24 bits per heavy atom. The number of rotatable bonds is 14. The molecule has 9 nitrogen and oxygen atoms in total. The highest BCUT2D eigenvalue weighted by atomic mass is 19.3. The summed E-state index contributed by atoms with van der Waals surface area (Å²) in [7, 11) is 0. The molecule has 1 atom stereocenters. The van der Waals surface area contributed by atoms with Crippen LogP contribution in [0.1, 0.15) is 56.0 Å². The van der Waals surface area contributed by atoms with Crippen LogP contribution in [0.2, 0.25) is 0 Å². The van der Waals surface area contributed by atoms with Crippen molar-refractivity contribution in [1.29, 1.82) is 0 Å². The lowest BCUT2D eigenvalue weighted by atomic mass is 9.90. The number of halogens is 3. The summed E-state index contributed by atoms with van der Waals surface area (Å²) in [5, 5.41) is 19.6. The van der Waals surface area contributed by atoms with Crippen LogP contribution in [0.25, 0.3) is 0 Å². The van der Waals surface area contributed by atoms with E-state index >= 15 is 0 Å². The van der Waals surface area contributed by atoms with Crippen molar-refractivity contribution in [2.24, 2.45) is 5.92 Å². The molecule has 0 aliphatic heterocycles. The Bertz CT molecular complexity index is 1350. The number of aromatic nitrogens is 5. The van der Waals surface area contributed by atoms with Gasteiger partial charge >= 0.3 is 5.69 Å². The van der Waals surface area contributed by atoms with E-state index in [9.17, 15) is 27.9 Å². The van der Waals surface area contributed by atoms with Crippen molar-refractivity contribution in [1.82, 2.24) is 24.5 Å². The predicted octanol–water partition coefficient (Wildman–Crippen LogP) is 3.18. The Morgan fingerprint density at radius 2 is 2.03 bits per heavy atom. The average Bonchev–Trinajstić information content (AvgIpc) is 3.64. The van der Waals surface area contributed by atoms with Gasteiger partial charge in [0.1, 0.15) is 5.60 Å². The summed E-state index contributed by atoms with van der Waals surface area (Å²) in [4.78, 5) is 25.3. The molecule has 0 saturated heterocycles. The Labute approximate surface area is 217 Å². The molecule has 38 heavy (non-hydrogen) atoms. The lowest BCUT2D eigenvalue weighted by Gasteiger charge is -2.28. The first-order valence-corrected chi connectivity index (χ1v) is 12.8. The summed E-state index contributed by atoms with van der Waals surface area (Å²) in [5.74, 6) is -0.0250. The molecule has 0 unspecified atom stereocenters. The van der Waals surface area contributed by atoms with Crippen LogP contribution in [0.4, 0.5) is 13.2 Å². The summed E-state index contributed by atoms with van der Waals surface area (Å²) < 4.78 is 49.3. The Morgan fingerprint density at radius 3 is 2.71 bits per heavy atom. The second kappa shape index (κ2) is 12.0. The third kappa shape index (κ3) is 6.91. The number of benzene rings is 1. The minimum absolute atomic E-state index is 0.0657. The largest absolute Gasteiger partial charge is 0.490 e. The maximum Gasteiger partial charge on any atom is 0.328 e. The molecule has 12 heteroatoms. The first-order chi connectivity index (χ1) is 18.2. The highest BCUT2D eigenvalue weighted by Crippen LogP contribution is 2.34. The van der Waals surface area contributed by atoms with Crippen molar-refractivity contribution in [3.63, 3.8) is 0 Å². The molecule has 2 N–H and O–H groups in total. The quantitative estimate of drug-likeness (QED) is 0.307. The van der Waals surface area contributed by atoms with Crippen LogP contribution >= 0.6 is 0 Å². The molecule has 1 aliphatic carbocycles. The number of alkyl halides is 2. The summed E-state index contributed by atoms with van der Waals surface area (Å²) in [6.07, 6.45) is 1.96. The zero-order chi connectivity index (χ0) is 27.3. The number of aryl methyl sites for hydroxylation is 1. The van der Waals surface area contributed by atoms with E-state index < -0.39 is 35.5 Å². The van der Waals surface area contributed by atoms with Crippen molar-refractivity contribution in [2.45, 2.75) is 77.0 Å². The predicted molar refractivity (Wildman–Crippen MR) is 133 cm³/mol. The zero-order valence-corrected chi connectivity index (χ0v) is 21.2. The number of nitrogens with one attached hydrogen (secondary N) is 1. The van der Waals surface area contributed by atoms with Crippen LogP contribution in [0.5, 0.6) is 5.75 Å². The van der Waals surface area contributed by atoms with Gasteiger partial charge in [0.05, 0.1) is 31.0 Å². The third-order valence-corrected chi connectivity index (χ3v) is 6.86. The topological polar surface area (TPSA) is 115 Å². The first kappa shape index (κ1) is 27.6. The summed E-state index contributed by atoms with van der Waals surface area (Å²) >= 11 is 0. The standard InChI is InChI=1S/C26H32F3N5O4/c1-2-26(37,18-8-9-19(27)22(13-18)38-15-17-6-7-17)16-34-21(20(31-32-34)14-23(28)29)5-3-4-11-33-12-10-24(35)30-25(33)36/h8-10,12-13,17,23,37H,2-7,11,14-16H2,1H3,(H,30,35,36)/t26-/m1/s1. The van der Waals surface area contributed by atoms with Crippen LogP contribution in [0, 0.1) is 11.7 Å². The van der Waals surface area contributed by atoms with Crippen LogP contribution in [-0.2, 0) is 31.5 Å². The van der Waals surface area contributed by atoms with Gasteiger partial charge in [0.15, 0.2) is 11.6 Å². The number of unbranched alkanes of at least 4 members (excludes halogenated alkanes) is 1. The van der Waals surface area contributed by atoms with Gasteiger partial charge in [0.25, 0.3) is 5.56 Å². The summed E-state index contributed by atoms with van der Waals surface area (Å²) in [6, 6.07) is 5.48. The summed E-state index contributed by atoms with van der Waals surface area (Å²) in [5.41, 5.74) is -1.43. The molecular weight excluding hydrogens is 503 g/mol. The van der Waals surface area contributed by atoms with Gasteiger partial charge in [0, 0.05) is 18.8 Å². The van der Waals surface area contributed by atoms with E-state index in [1.54, 1.807) is 6.92 Å². The normalized spacial score (nSPS) is 15.1. The lowest BCUT2D eigenvalue weighted by molar-refractivity contribution is 0.00939. The molecule has 4 rings (SSSR count). The van der Waals surface area contributed by atoms with Crippen molar-refractivity contribution in [2.75, 3.05) is 6.61 Å². The van der Waals surface area contributed by atoms with Crippen LogP contribution < -0.4 is 16.0 Å². The number of aromatic amines is 1. The maximum atomic E-state index is 14.3. The van der Waals surface area contributed by atoms with E-state index in [4.69, 9.17) is 4.74 Å². The molecule has 0 radical (unpaired) electrons. The first-order valence-electron chi connectivity index (χ1n) is 12.8. The molecule has 0 bridgehead atoms. The van der Waals surface area contributed by atoms with Gasteiger partial charge in [-0.05, 0) is 62.1 Å². The van der Waals surface area contributed by atoms with Crippen molar-refractivity contribution < 1.29 is 23.0 Å². The number of nitrogens with zero attached hydrogens (tertiary/aromatic N) is 4. The molecule has 0 spiro atoms. The molecule has 1 aliphatic rings. The van der Waals surface area contributed by atoms with Gasteiger partial charge in [-0.15, -0.1) is 5.10 Å². The van der Waals surface area contributed by atoms with E-state index in [0.29, 0.717) is 49.6 Å². The van der Waals surface area contributed by atoms with Crippen molar-refractivity contribution in [3.8, 4) is 5.75 Å². The lowest BCUT2D eigenvalue weighted by Crippen LogP contribution is -2.32. The van der Waals surface area contributed by atoms with Crippen LogP contribution in [0.3, 0.4) is 0 Å². The van der Waals surface area contributed by atoms with E-state index in [0.717, 1.165) is 12.8 Å². The van der Waals surface area contributed by atoms with Gasteiger partial charge in [-0.25, -0.2) is 22.6 Å². The van der Waals surface area contributed by atoms with Crippen LogP contribution in [-0.4, -0.2) is 42.7 Å². The second-order valence-corrected chi connectivity index (χ2v) is 9.78. The monoisotopic (exact) mass is 535 g/mol. The fourth-order valence-electron chi connectivity index (χ4n) is 4.32. The number of H-pyrrole nitrogens is 1. The minimum atomic E-state index is -2.62. The molecule has 1 aromatic carbocycles. The van der Waals surface area contributed by atoms with Crippen molar-refractivity contribution in [3.05, 3.63) is 74.1 Å². The molecule has 206 valence electrons. The van der Waals surface area contributed by atoms with Gasteiger partial charge in [-0.2, -0.15) is 0 Å². The molecule has 2 heterocycles. The van der Waals surface area contributed by atoms with Gasteiger partial charge in [0.2, 0.25) is 6.43 Å². The van der Waals surface area contributed by atoms with E-state index in [1.807, 2.05) is 0 Å². The zero-order valence-electron chi connectivity index (χ0n) is 21.2. The Kier molecular flexibility index (Phi) is 8.70. The smallest absolute Gasteiger partial charge is 0.328 e. The average molecular weight is 536 g/mol. The number of hydrogen-bond acceptors (Lipinski definition) is 6. The summed E-state index contributed by atoms with van der Waals surface area (Å²) in [6.45, 7) is 2.45. The number of ether oxygens (including phenoxy) is 1. The highest BCUT2D eigenvalue weighted by molar-refractivity contribution is 5.34. The van der Waals surface area contributed by atoms with E-state index in [-0.39, 0.29) is 24.4 Å². The molecule has 3 aromatic rings. The van der Waals surface area contributed by atoms with E-state index in [2.05, 4.69) is 15.3 Å². The maximum absolute atomic E-state index is 14.3. The molecular formula is C26H32F3N5O4. The van der Waals surface area contributed by atoms with Crippen LogP contribution in [0.15, 0.2) is 40.1 Å². The molecule has 1 fully saturated rings. The minimum Gasteiger partial charge on any atom is -0.490 e. The molecule has 1 saturated carbocycles. The van der Waals surface area contributed by atoms with Gasteiger partial charge < -0.3 is 14.4 Å². The highest BCUT2D eigenvalue weighted by Gasteiger charge is 2.32. The SMILES string of the molecule is CC[C@@](O)(Cn1nnc(CC(F)F)c1CCCCn1ccc(=O)[nH]c1=O)c1ccc(F)c(OCC2CC2)c1. The van der Waals surface area contributed by atoms with Crippen molar-refractivity contribution >= 4 is 0 Å². The van der Waals surface area contributed by atoms with Gasteiger partial charge in [-0.3, -0.25) is 9.78 Å². The molecule has 2 aromatic heterocycles. The fraction of sp³-hybridized carbons (Fsp3) is 0.538. The number of aliphatic hydroxyl groups is 1. The van der Waals surface area contributed by atoms with Gasteiger partial charge in [-0.1, -0.05) is 18.2 Å². The number of hydrogen-bond donors (Lipinski definition) is 2. The third-order valence-electron chi connectivity index (χ3n) is 6.86. The molecule has 0 amide bonds. The van der Waals surface area contributed by atoms with E-state index in [1.165, 1.54) is 39.7 Å². The second-order valence-electron chi connectivity index (χ2n) is 9.78. The Hall–Kier alpha value is -3.41.